The smallest absolute Gasteiger partial charge is 0.208 e. The molecule has 0 atom stereocenters. The van der Waals surface area contributed by atoms with E-state index < -0.39 is 0 Å². The van der Waals surface area contributed by atoms with Gasteiger partial charge in [-0.15, -0.1) is 21.8 Å². The molecule has 0 bridgehead atoms. The van der Waals surface area contributed by atoms with Crippen molar-refractivity contribution in [3.63, 3.8) is 0 Å². The van der Waals surface area contributed by atoms with Gasteiger partial charge in [0, 0.05) is 19.0 Å². The van der Waals surface area contributed by atoms with Crippen LogP contribution < -0.4 is 4.90 Å². The summed E-state index contributed by atoms with van der Waals surface area (Å²) in [5, 5.41) is 8.65. The molecule has 3 nitrogen and oxygen atoms in total. The molecule has 0 spiro atoms. The van der Waals surface area contributed by atoms with Crippen LogP contribution in [0, 0.1) is 0 Å². The van der Waals surface area contributed by atoms with Gasteiger partial charge in [0.2, 0.25) is 5.13 Å². The van der Waals surface area contributed by atoms with Crippen molar-refractivity contribution in [1.82, 2.24) is 10.2 Å². The van der Waals surface area contributed by atoms with E-state index in [1.807, 2.05) is 0 Å². The van der Waals surface area contributed by atoms with Crippen molar-refractivity contribution < 1.29 is 0 Å². The monoisotopic (exact) mass is 191 g/mol. The number of halogens is 1. The molecule has 1 aromatic rings. The minimum absolute atomic E-state index is 0.632. The molecule has 0 saturated carbocycles. The van der Waals surface area contributed by atoms with E-state index in [0.717, 1.165) is 18.2 Å². The van der Waals surface area contributed by atoms with E-state index in [2.05, 4.69) is 22.0 Å². The Morgan fingerprint density at radius 1 is 1.73 bits per heavy atom. The van der Waals surface area contributed by atoms with Crippen molar-refractivity contribution in [2.75, 3.05) is 23.9 Å². The van der Waals surface area contributed by atoms with Crippen molar-refractivity contribution in [3.8, 4) is 0 Å². The molecule has 0 radical (unpaired) electrons. The maximum atomic E-state index is 5.61. The van der Waals surface area contributed by atoms with Crippen LogP contribution in [-0.2, 0) is 0 Å². The van der Waals surface area contributed by atoms with E-state index in [4.69, 9.17) is 11.6 Å². The predicted molar refractivity (Wildman–Crippen MR) is 48.5 cm³/mol. The topological polar surface area (TPSA) is 29.0 Å². The molecule has 0 N–H and O–H groups in total. The van der Waals surface area contributed by atoms with E-state index in [0.29, 0.717) is 5.88 Å². The van der Waals surface area contributed by atoms with E-state index >= 15 is 0 Å². The molecular weight excluding hydrogens is 182 g/mol. The first-order valence-corrected chi connectivity index (χ1v) is 4.87. The Balaban J connectivity index is 2.56. The zero-order valence-electron chi connectivity index (χ0n) is 6.33. The summed E-state index contributed by atoms with van der Waals surface area (Å²) in [5.41, 5.74) is 1.73. The highest BCUT2D eigenvalue weighted by Gasteiger charge is 2.05. The largest absolute Gasteiger partial charge is 0.346 e. The molecule has 0 amide bonds. The molecule has 0 aromatic carbocycles. The van der Waals surface area contributed by atoms with Crippen molar-refractivity contribution in [2.24, 2.45) is 0 Å². The molecule has 1 heterocycles. The summed E-state index contributed by atoms with van der Waals surface area (Å²) in [6, 6.07) is 0. The third-order valence-corrected chi connectivity index (χ3v) is 2.27. The standard InChI is InChI=1S/C6H10ClN3S/c1-2-10(4-3-7)6-9-8-5-11-6/h5H,2-4H2,1H3. The molecule has 0 fully saturated rings. The fraction of sp³-hybridized carbons (Fsp3) is 0.667. The average Bonchev–Trinajstić information content (AvgIpc) is 2.52. The lowest BCUT2D eigenvalue weighted by Crippen LogP contribution is -2.24. The van der Waals surface area contributed by atoms with E-state index in [1.54, 1.807) is 16.8 Å². The summed E-state index contributed by atoms with van der Waals surface area (Å²) < 4.78 is 0. The Morgan fingerprint density at radius 3 is 3.00 bits per heavy atom. The fourth-order valence-electron chi connectivity index (χ4n) is 0.796. The molecule has 11 heavy (non-hydrogen) atoms. The molecule has 5 heteroatoms. The molecule has 1 rings (SSSR count). The summed E-state index contributed by atoms with van der Waals surface area (Å²) in [6.45, 7) is 3.85. The predicted octanol–water partition coefficient (Wildman–Crippen LogP) is 1.60. The first-order valence-electron chi connectivity index (χ1n) is 3.45. The molecule has 0 unspecified atom stereocenters. The number of hydrogen-bond donors (Lipinski definition) is 0. The van der Waals surface area contributed by atoms with Gasteiger partial charge in [0.15, 0.2) is 0 Å². The van der Waals surface area contributed by atoms with Gasteiger partial charge in [0.1, 0.15) is 5.51 Å². The van der Waals surface area contributed by atoms with Crippen LogP contribution in [0.1, 0.15) is 6.92 Å². The van der Waals surface area contributed by atoms with E-state index in [-0.39, 0.29) is 0 Å². The lowest BCUT2D eigenvalue weighted by molar-refractivity contribution is 0.849. The minimum atomic E-state index is 0.632. The van der Waals surface area contributed by atoms with Crippen molar-refractivity contribution >= 4 is 28.1 Å². The van der Waals surface area contributed by atoms with Gasteiger partial charge in [-0.1, -0.05) is 11.3 Å². The van der Waals surface area contributed by atoms with Gasteiger partial charge in [0.05, 0.1) is 0 Å². The van der Waals surface area contributed by atoms with E-state index in [1.165, 1.54) is 0 Å². The first-order chi connectivity index (χ1) is 5.38. The van der Waals surface area contributed by atoms with Crippen LogP contribution in [-0.4, -0.2) is 29.2 Å². The maximum Gasteiger partial charge on any atom is 0.208 e. The molecule has 0 aliphatic carbocycles. The summed E-state index contributed by atoms with van der Waals surface area (Å²) >= 11 is 7.15. The van der Waals surface area contributed by atoms with Gasteiger partial charge in [-0.05, 0) is 6.92 Å². The van der Waals surface area contributed by atoms with Crippen molar-refractivity contribution in [1.29, 1.82) is 0 Å². The van der Waals surface area contributed by atoms with Crippen LogP contribution in [0.2, 0.25) is 0 Å². The summed E-state index contributed by atoms with van der Waals surface area (Å²) in [5.74, 6) is 0.632. The van der Waals surface area contributed by atoms with Crippen LogP contribution >= 0.6 is 22.9 Å². The Labute approximate surface area is 75.0 Å². The van der Waals surface area contributed by atoms with Crippen LogP contribution in [0.25, 0.3) is 0 Å². The number of nitrogens with zero attached hydrogens (tertiary/aromatic N) is 3. The Hall–Kier alpha value is -0.350. The van der Waals surface area contributed by atoms with Crippen LogP contribution in [0.5, 0.6) is 0 Å². The molecule has 0 aliphatic rings. The Morgan fingerprint density at radius 2 is 2.55 bits per heavy atom. The van der Waals surface area contributed by atoms with Gasteiger partial charge in [-0.3, -0.25) is 0 Å². The normalized spacial score (nSPS) is 10.0. The van der Waals surface area contributed by atoms with E-state index in [9.17, 15) is 0 Å². The minimum Gasteiger partial charge on any atom is -0.346 e. The Bertz CT molecular complexity index is 190. The number of hydrogen-bond acceptors (Lipinski definition) is 4. The highest BCUT2D eigenvalue weighted by molar-refractivity contribution is 7.13. The third kappa shape index (κ3) is 2.31. The number of rotatable bonds is 4. The second kappa shape index (κ2) is 4.51. The summed E-state index contributed by atoms with van der Waals surface area (Å²) in [4.78, 5) is 2.10. The number of alkyl halides is 1. The molecular formula is C6H10ClN3S. The van der Waals surface area contributed by atoms with Crippen molar-refractivity contribution in [3.05, 3.63) is 5.51 Å². The maximum absolute atomic E-state index is 5.61. The summed E-state index contributed by atoms with van der Waals surface area (Å²) in [7, 11) is 0. The van der Waals surface area contributed by atoms with Gasteiger partial charge in [-0.2, -0.15) is 0 Å². The van der Waals surface area contributed by atoms with Crippen LogP contribution in [0.4, 0.5) is 5.13 Å². The fourth-order valence-corrected chi connectivity index (χ4v) is 1.65. The first kappa shape index (κ1) is 8.74. The highest BCUT2D eigenvalue weighted by atomic mass is 35.5. The molecule has 1 aromatic heterocycles. The van der Waals surface area contributed by atoms with Gasteiger partial charge in [-0.25, -0.2) is 0 Å². The van der Waals surface area contributed by atoms with Gasteiger partial charge < -0.3 is 4.90 Å². The van der Waals surface area contributed by atoms with Gasteiger partial charge in [0.25, 0.3) is 0 Å². The van der Waals surface area contributed by atoms with Crippen LogP contribution in [0.3, 0.4) is 0 Å². The SMILES string of the molecule is CCN(CCCl)c1nncs1. The number of anilines is 1. The Kier molecular flexibility index (Phi) is 3.59. The third-order valence-electron chi connectivity index (χ3n) is 1.36. The molecule has 62 valence electrons. The quantitative estimate of drug-likeness (QED) is 0.678. The number of aromatic nitrogens is 2. The zero-order valence-corrected chi connectivity index (χ0v) is 7.90. The summed E-state index contributed by atoms with van der Waals surface area (Å²) in [6.07, 6.45) is 0. The zero-order chi connectivity index (χ0) is 8.10. The highest BCUT2D eigenvalue weighted by Crippen LogP contribution is 2.14. The average molecular weight is 192 g/mol. The van der Waals surface area contributed by atoms with Gasteiger partial charge >= 0.3 is 0 Å². The lowest BCUT2D eigenvalue weighted by Gasteiger charge is -2.16. The molecule has 0 saturated heterocycles. The second-order valence-electron chi connectivity index (χ2n) is 1.99. The lowest BCUT2D eigenvalue weighted by atomic mass is 10.6. The van der Waals surface area contributed by atoms with Crippen LogP contribution in [0.15, 0.2) is 5.51 Å². The molecule has 0 aliphatic heterocycles. The second-order valence-corrected chi connectivity index (χ2v) is 3.18. The van der Waals surface area contributed by atoms with Crippen molar-refractivity contribution in [2.45, 2.75) is 6.92 Å².